The minimum absolute atomic E-state index is 0. The fourth-order valence-corrected chi connectivity index (χ4v) is 5.13. The van der Waals surface area contributed by atoms with Gasteiger partial charge in [0.1, 0.15) is 17.6 Å². The molecule has 29 heavy (non-hydrogen) atoms. The fraction of sp³-hybridized carbons (Fsp3) is 0.429. The van der Waals surface area contributed by atoms with Gasteiger partial charge in [0.25, 0.3) is 0 Å². The summed E-state index contributed by atoms with van der Waals surface area (Å²) >= 11 is 0. The summed E-state index contributed by atoms with van der Waals surface area (Å²) in [6, 6.07) is 11.9. The minimum atomic E-state index is -3.65. The number of piperidine rings is 1. The van der Waals surface area contributed by atoms with Crippen LogP contribution in [0.2, 0.25) is 0 Å². The monoisotopic (exact) mass is 439 g/mol. The summed E-state index contributed by atoms with van der Waals surface area (Å²) in [7, 11) is -2.01. The summed E-state index contributed by atoms with van der Waals surface area (Å²) in [6.07, 6.45) is 1.84. The number of sulfone groups is 1. The zero-order valence-corrected chi connectivity index (χ0v) is 17.9. The highest BCUT2D eigenvalue weighted by atomic mass is 35.5. The Morgan fingerprint density at radius 3 is 2.79 bits per heavy atom. The highest BCUT2D eigenvalue weighted by Gasteiger charge is 2.36. The van der Waals surface area contributed by atoms with Crippen LogP contribution >= 0.6 is 12.4 Å². The third-order valence-corrected chi connectivity index (χ3v) is 7.03. The Labute approximate surface area is 177 Å². The molecule has 0 aliphatic carbocycles. The standard InChI is InChI=1S/C21H25NO5S.ClH/c1-25-10-3-11-26-15-4-2-5-16(12-15)28(23,24)17-6-7-18-19-8-9-22-14-21(19)27-20(18)13-17;/h2,4-7,12-13,19,21-22H,3,8-11,14H2,1H3;1H/t19-,21-;/m0./s1. The van der Waals surface area contributed by atoms with Gasteiger partial charge in [-0.1, -0.05) is 12.1 Å². The van der Waals surface area contributed by atoms with Gasteiger partial charge in [0.15, 0.2) is 0 Å². The number of nitrogens with one attached hydrogen (secondary N) is 1. The van der Waals surface area contributed by atoms with E-state index in [9.17, 15) is 8.42 Å². The molecule has 2 heterocycles. The summed E-state index contributed by atoms with van der Waals surface area (Å²) in [5.41, 5.74) is 1.11. The Morgan fingerprint density at radius 1 is 1.14 bits per heavy atom. The van der Waals surface area contributed by atoms with Gasteiger partial charge < -0.3 is 19.5 Å². The first kappa shape index (κ1) is 21.9. The second-order valence-electron chi connectivity index (χ2n) is 7.13. The molecule has 4 rings (SSSR count). The summed E-state index contributed by atoms with van der Waals surface area (Å²) < 4.78 is 42.9. The lowest BCUT2D eigenvalue weighted by atomic mass is 9.90. The molecule has 158 valence electrons. The molecule has 0 unspecified atom stereocenters. The summed E-state index contributed by atoms with van der Waals surface area (Å²) in [5.74, 6) is 1.57. The molecular weight excluding hydrogens is 414 g/mol. The summed E-state index contributed by atoms with van der Waals surface area (Å²) in [6.45, 7) is 2.83. The highest BCUT2D eigenvalue weighted by Crippen LogP contribution is 2.42. The topological polar surface area (TPSA) is 73.9 Å². The van der Waals surface area contributed by atoms with Gasteiger partial charge in [-0.15, -0.1) is 12.4 Å². The molecule has 1 fully saturated rings. The Morgan fingerprint density at radius 2 is 1.97 bits per heavy atom. The SMILES string of the molecule is COCCCOc1cccc(S(=O)(=O)c2ccc3c(c2)O[C@H]2CNCC[C@@H]32)c1.Cl. The maximum Gasteiger partial charge on any atom is 0.206 e. The predicted molar refractivity (Wildman–Crippen MR) is 112 cm³/mol. The molecule has 2 aliphatic rings. The molecule has 1 N–H and O–H groups in total. The number of fused-ring (bicyclic) bond motifs is 3. The second-order valence-corrected chi connectivity index (χ2v) is 9.08. The highest BCUT2D eigenvalue weighted by molar-refractivity contribution is 7.91. The van der Waals surface area contributed by atoms with Gasteiger partial charge in [0.05, 0.1) is 16.4 Å². The van der Waals surface area contributed by atoms with E-state index in [0.29, 0.717) is 30.6 Å². The van der Waals surface area contributed by atoms with Crippen LogP contribution in [-0.2, 0) is 14.6 Å². The predicted octanol–water partition coefficient (Wildman–Crippen LogP) is 3.19. The van der Waals surface area contributed by atoms with E-state index in [1.54, 1.807) is 43.5 Å². The lowest BCUT2D eigenvalue weighted by Gasteiger charge is -2.24. The van der Waals surface area contributed by atoms with Crippen molar-refractivity contribution in [2.75, 3.05) is 33.4 Å². The van der Waals surface area contributed by atoms with E-state index < -0.39 is 9.84 Å². The van der Waals surface area contributed by atoms with Crippen LogP contribution in [0.5, 0.6) is 11.5 Å². The molecule has 0 aromatic heterocycles. The Kier molecular flexibility index (Phi) is 7.05. The van der Waals surface area contributed by atoms with Crippen molar-refractivity contribution in [2.45, 2.75) is 34.7 Å². The van der Waals surface area contributed by atoms with Gasteiger partial charge in [-0.3, -0.25) is 0 Å². The Bertz CT molecular complexity index is 950. The zero-order chi connectivity index (χ0) is 19.6. The van der Waals surface area contributed by atoms with Gasteiger partial charge in [-0.2, -0.15) is 0 Å². The average molecular weight is 440 g/mol. The average Bonchev–Trinajstić information content (AvgIpc) is 3.09. The van der Waals surface area contributed by atoms with Crippen molar-refractivity contribution in [3.63, 3.8) is 0 Å². The van der Waals surface area contributed by atoms with Crippen molar-refractivity contribution in [3.8, 4) is 11.5 Å². The smallest absolute Gasteiger partial charge is 0.206 e. The van der Waals surface area contributed by atoms with E-state index in [1.165, 1.54) is 0 Å². The van der Waals surface area contributed by atoms with Crippen LogP contribution < -0.4 is 14.8 Å². The van der Waals surface area contributed by atoms with Gasteiger partial charge in [0.2, 0.25) is 9.84 Å². The molecule has 0 radical (unpaired) electrons. The van der Waals surface area contributed by atoms with Crippen molar-refractivity contribution in [1.82, 2.24) is 5.32 Å². The Hall–Kier alpha value is -1.80. The molecule has 6 nitrogen and oxygen atoms in total. The van der Waals surface area contributed by atoms with Crippen molar-refractivity contribution in [2.24, 2.45) is 0 Å². The quantitative estimate of drug-likeness (QED) is 0.668. The van der Waals surface area contributed by atoms with Crippen LogP contribution in [0.15, 0.2) is 52.3 Å². The van der Waals surface area contributed by atoms with E-state index >= 15 is 0 Å². The molecule has 2 aromatic rings. The number of hydrogen-bond acceptors (Lipinski definition) is 6. The maximum absolute atomic E-state index is 13.1. The van der Waals surface area contributed by atoms with Gasteiger partial charge >= 0.3 is 0 Å². The molecule has 2 atom stereocenters. The second kappa shape index (κ2) is 9.34. The van der Waals surface area contributed by atoms with E-state index in [1.807, 2.05) is 6.07 Å². The first-order chi connectivity index (χ1) is 13.6. The van der Waals surface area contributed by atoms with E-state index in [4.69, 9.17) is 14.2 Å². The molecule has 0 bridgehead atoms. The maximum atomic E-state index is 13.1. The van der Waals surface area contributed by atoms with Gasteiger partial charge in [-0.25, -0.2) is 8.42 Å². The number of halogens is 1. The lowest BCUT2D eigenvalue weighted by Crippen LogP contribution is -2.39. The van der Waals surface area contributed by atoms with E-state index in [0.717, 1.165) is 31.5 Å². The van der Waals surface area contributed by atoms with Crippen molar-refractivity contribution < 1.29 is 22.6 Å². The van der Waals surface area contributed by atoms with Gasteiger partial charge in [-0.05, 0) is 43.3 Å². The van der Waals surface area contributed by atoms with Crippen LogP contribution in [0.4, 0.5) is 0 Å². The summed E-state index contributed by atoms with van der Waals surface area (Å²) in [4.78, 5) is 0.461. The molecule has 2 aliphatic heterocycles. The van der Waals surface area contributed by atoms with Crippen LogP contribution in [0, 0.1) is 0 Å². The number of benzene rings is 2. The van der Waals surface area contributed by atoms with E-state index in [-0.39, 0.29) is 28.3 Å². The third-order valence-electron chi connectivity index (χ3n) is 5.28. The van der Waals surface area contributed by atoms with Crippen LogP contribution in [0.25, 0.3) is 0 Å². The largest absolute Gasteiger partial charge is 0.493 e. The molecule has 1 saturated heterocycles. The van der Waals surface area contributed by atoms with Crippen LogP contribution in [-0.4, -0.2) is 47.9 Å². The number of ether oxygens (including phenoxy) is 3. The number of rotatable bonds is 7. The first-order valence-corrected chi connectivity index (χ1v) is 11.1. The fourth-order valence-electron chi connectivity index (χ4n) is 3.82. The molecule has 8 heteroatoms. The molecule has 0 spiro atoms. The molecular formula is C21H26ClNO5S. The third kappa shape index (κ3) is 4.53. The first-order valence-electron chi connectivity index (χ1n) is 9.58. The van der Waals surface area contributed by atoms with Crippen LogP contribution in [0.1, 0.15) is 24.3 Å². The van der Waals surface area contributed by atoms with Gasteiger partial charge in [0, 0.05) is 38.2 Å². The Balaban J connectivity index is 0.00000240. The summed E-state index contributed by atoms with van der Waals surface area (Å²) in [5, 5.41) is 3.33. The normalized spacial score (nSPS) is 20.2. The molecule has 0 amide bonds. The molecule has 0 saturated carbocycles. The van der Waals surface area contributed by atoms with Crippen LogP contribution in [0.3, 0.4) is 0 Å². The van der Waals surface area contributed by atoms with Crippen molar-refractivity contribution in [3.05, 3.63) is 48.0 Å². The van der Waals surface area contributed by atoms with Crippen molar-refractivity contribution in [1.29, 1.82) is 0 Å². The lowest BCUT2D eigenvalue weighted by molar-refractivity contribution is 0.172. The minimum Gasteiger partial charge on any atom is -0.493 e. The number of hydrogen-bond donors (Lipinski definition) is 1. The number of methoxy groups -OCH3 is 1. The van der Waals surface area contributed by atoms with Crippen molar-refractivity contribution >= 4 is 22.2 Å². The zero-order valence-electron chi connectivity index (χ0n) is 16.3. The molecule has 2 aromatic carbocycles. The van der Waals surface area contributed by atoms with E-state index in [2.05, 4.69) is 5.32 Å².